The van der Waals surface area contributed by atoms with Crippen molar-refractivity contribution in [2.24, 2.45) is 0 Å². The van der Waals surface area contributed by atoms with Gasteiger partial charge in [-0.3, -0.25) is 4.79 Å². The minimum Gasteiger partial charge on any atom is -0.398 e. The minimum atomic E-state index is -0.0705. The number of carbonyl (C=O) groups excluding carboxylic acids is 1. The third-order valence-electron chi connectivity index (χ3n) is 3.17. The normalized spacial score (nSPS) is 11.0. The van der Waals surface area contributed by atoms with E-state index in [9.17, 15) is 4.79 Å². The molecule has 0 heterocycles. The third-order valence-corrected chi connectivity index (χ3v) is 3.17. The van der Waals surface area contributed by atoms with E-state index in [2.05, 4.69) is 24.1 Å². The number of amides is 1. The second kappa shape index (κ2) is 6.40. The third kappa shape index (κ3) is 4.04. The Kier molecular flexibility index (Phi) is 5.16. The second-order valence-corrected chi connectivity index (χ2v) is 4.90. The number of rotatable bonds is 5. The molecule has 1 aromatic carbocycles. The Hall–Kier alpha value is -1.55. The number of aryl methyl sites for hydroxylation is 1. The van der Waals surface area contributed by atoms with Crippen LogP contribution >= 0.6 is 0 Å². The van der Waals surface area contributed by atoms with Gasteiger partial charge >= 0.3 is 0 Å². The summed E-state index contributed by atoms with van der Waals surface area (Å²) in [7, 11) is 2.04. The molecule has 1 amide bonds. The van der Waals surface area contributed by atoms with E-state index in [1.807, 2.05) is 20.0 Å². The molecule has 100 valence electrons. The zero-order chi connectivity index (χ0) is 13.7. The van der Waals surface area contributed by atoms with Gasteiger partial charge in [0.25, 0.3) is 5.91 Å². The van der Waals surface area contributed by atoms with Crippen LogP contribution in [0.15, 0.2) is 18.2 Å². The van der Waals surface area contributed by atoms with Gasteiger partial charge in [0.05, 0.1) is 0 Å². The molecule has 0 bridgehead atoms. The first-order valence-corrected chi connectivity index (χ1v) is 6.26. The molecule has 0 atom stereocenters. The molecule has 0 radical (unpaired) electrons. The number of hydrogen-bond acceptors (Lipinski definition) is 3. The zero-order valence-corrected chi connectivity index (χ0v) is 11.7. The van der Waals surface area contributed by atoms with Gasteiger partial charge in [0.15, 0.2) is 0 Å². The van der Waals surface area contributed by atoms with E-state index in [4.69, 9.17) is 5.73 Å². The van der Waals surface area contributed by atoms with Gasteiger partial charge in [0, 0.05) is 30.4 Å². The van der Waals surface area contributed by atoms with Crippen LogP contribution in [0.4, 0.5) is 5.69 Å². The van der Waals surface area contributed by atoms with E-state index < -0.39 is 0 Å². The number of hydrogen-bond donors (Lipinski definition) is 2. The lowest BCUT2D eigenvalue weighted by Crippen LogP contribution is -2.36. The fourth-order valence-corrected chi connectivity index (χ4v) is 1.49. The number of nitrogens with one attached hydrogen (secondary N) is 1. The molecule has 0 aliphatic carbocycles. The Labute approximate surface area is 109 Å². The average Bonchev–Trinajstić information content (AvgIpc) is 2.32. The molecule has 4 nitrogen and oxygen atoms in total. The van der Waals surface area contributed by atoms with Crippen LogP contribution in [0.1, 0.15) is 29.8 Å². The van der Waals surface area contributed by atoms with E-state index in [1.165, 1.54) is 0 Å². The van der Waals surface area contributed by atoms with Crippen LogP contribution in [0.25, 0.3) is 0 Å². The topological polar surface area (TPSA) is 58.4 Å². The highest BCUT2D eigenvalue weighted by molar-refractivity contribution is 5.95. The number of nitrogens with two attached hydrogens (primary N) is 1. The number of carbonyl (C=O) groups is 1. The van der Waals surface area contributed by atoms with Gasteiger partial charge in [-0.15, -0.1) is 0 Å². The summed E-state index contributed by atoms with van der Waals surface area (Å²) in [4.78, 5) is 14.1. The van der Waals surface area contributed by atoms with Crippen molar-refractivity contribution < 1.29 is 4.79 Å². The molecule has 0 aliphatic heterocycles. The summed E-state index contributed by atoms with van der Waals surface area (Å²) in [5, 5.41) is 2.90. The van der Waals surface area contributed by atoms with Crippen molar-refractivity contribution in [3.8, 4) is 0 Å². The van der Waals surface area contributed by atoms with Crippen LogP contribution in [-0.2, 0) is 0 Å². The summed E-state index contributed by atoms with van der Waals surface area (Å²) in [5.74, 6) is -0.0705. The first-order chi connectivity index (χ1) is 8.41. The van der Waals surface area contributed by atoms with Gasteiger partial charge in [0.1, 0.15) is 0 Å². The van der Waals surface area contributed by atoms with Crippen molar-refractivity contribution in [1.29, 1.82) is 0 Å². The SMILES string of the molecule is Cc1ccc(C(=O)NCCN(C)C(C)C)cc1N. The number of likely N-dealkylation sites (N-methyl/N-ethyl adjacent to an activating group) is 1. The number of nitrogens with zero attached hydrogens (tertiary/aromatic N) is 1. The highest BCUT2D eigenvalue weighted by atomic mass is 16.1. The van der Waals surface area contributed by atoms with Gasteiger partial charge in [-0.25, -0.2) is 0 Å². The summed E-state index contributed by atoms with van der Waals surface area (Å²) in [6.07, 6.45) is 0. The van der Waals surface area contributed by atoms with E-state index >= 15 is 0 Å². The van der Waals surface area contributed by atoms with Crippen molar-refractivity contribution >= 4 is 11.6 Å². The largest absolute Gasteiger partial charge is 0.398 e. The summed E-state index contributed by atoms with van der Waals surface area (Å²) in [6, 6.07) is 5.87. The first kappa shape index (κ1) is 14.5. The van der Waals surface area contributed by atoms with Crippen LogP contribution in [0.3, 0.4) is 0 Å². The van der Waals surface area contributed by atoms with Crippen LogP contribution in [-0.4, -0.2) is 37.0 Å². The molecule has 1 rings (SSSR count). The summed E-state index contributed by atoms with van der Waals surface area (Å²) in [5.41, 5.74) is 8.05. The van der Waals surface area contributed by atoms with E-state index in [1.54, 1.807) is 12.1 Å². The summed E-state index contributed by atoms with van der Waals surface area (Å²) in [6.45, 7) is 7.66. The quantitative estimate of drug-likeness (QED) is 0.780. The number of nitrogen functional groups attached to an aromatic ring is 1. The molecule has 3 N–H and O–H groups in total. The zero-order valence-electron chi connectivity index (χ0n) is 11.7. The minimum absolute atomic E-state index is 0.0705. The Morgan fingerprint density at radius 2 is 2.11 bits per heavy atom. The van der Waals surface area contributed by atoms with E-state index in [0.717, 1.165) is 12.1 Å². The van der Waals surface area contributed by atoms with Crippen molar-refractivity contribution in [2.45, 2.75) is 26.8 Å². The van der Waals surface area contributed by atoms with Crippen molar-refractivity contribution in [1.82, 2.24) is 10.2 Å². The molecular weight excluding hydrogens is 226 g/mol. The maximum atomic E-state index is 11.9. The maximum absolute atomic E-state index is 11.9. The fraction of sp³-hybridized carbons (Fsp3) is 0.500. The molecule has 1 aromatic rings. The van der Waals surface area contributed by atoms with Gasteiger partial charge < -0.3 is 16.0 Å². The predicted octanol–water partition coefficient (Wildman–Crippen LogP) is 1.65. The Morgan fingerprint density at radius 1 is 1.44 bits per heavy atom. The monoisotopic (exact) mass is 249 g/mol. The van der Waals surface area contributed by atoms with Gasteiger partial charge in [-0.2, -0.15) is 0 Å². The van der Waals surface area contributed by atoms with E-state index in [0.29, 0.717) is 23.8 Å². The molecule has 18 heavy (non-hydrogen) atoms. The highest BCUT2D eigenvalue weighted by Crippen LogP contribution is 2.12. The molecule has 0 unspecified atom stereocenters. The standard InChI is InChI=1S/C14H23N3O/c1-10(2)17(4)8-7-16-14(18)12-6-5-11(3)13(15)9-12/h5-6,9-10H,7-8,15H2,1-4H3,(H,16,18). The second-order valence-electron chi connectivity index (χ2n) is 4.90. The summed E-state index contributed by atoms with van der Waals surface area (Å²) < 4.78 is 0. The van der Waals surface area contributed by atoms with Gasteiger partial charge in [-0.1, -0.05) is 6.07 Å². The first-order valence-electron chi connectivity index (χ1n) is 6.26. The lowest BCUT2D eigenvalue weighted by Gasteiger charge is -2.20. The van der Waals surface area contributed by atoms with Crippen molar-refractivity contribution in [3.05, 3.63) is 29.3 Å². The Morgan fingerprint density at radius 3 is 2.67 bits per heavy atom. The fourth-order valence-electron chi connectivity index (χ4n) is 1.49. The molecule has 0 aromatic heterocycles. The van der Waals surface area contributed by atoms with Crippen molar-refractivity contribution in [2.75, 3.05) is 25.9 Å². The molecule has 4 heteroatoms. The van der Waals surface area contributed by atoms with Gasteiger partial charge in [0.2, 0.25) is 0 Å². The maximum Gasteiger partial charge on any atom is 0.251 e. The lowest BCUT2D eigenvalue weighted by atomic mass is 10.1. The molecule has 0 saturated carbocycles. The molecule has 0 saturated heterocycles. The van der Waals surface area contributed by atoms with Crippen LogP contribution < -0.4 is 11.1 Å². The average molecular weight is 249 g/mol. The lowest BCUT2D eigenvalue weighted by molar-refractivity contribution is 0.0948. The number of benzene rings is 1. The molecule has 0 fully saturated rings. The highest BCUT2D eigenvalue weighted by Gasteiger charge is 2.07. The molecule has 0 spiro atoms. The van der Waals surface area contributed by atoms with Crippen LogP contribution in [0, 0.1) is 6.92 Å². The number of anilines is 1. The molecule has 0 aliphatic rings. The predicted molar refractivity (Wildman–Crippen MR) is 75.7 cm³/mol. The Balaban J connectivity index is 2.48. The molecular formula is C14H23N3O. The Bertz CT molecular complexity index is 416. The van der Waals surface area contributed by atoms with Crippen LogP contribution in [0.5, 0.6) is 0 Å². The van der Waals surface area contributed by atoms with Gasteiger partial charge in [-0.05, 0) is 45.5 Å². The van der Waals surface area contributed by atoms with Crippen LogP contribution in [0.2, 0.25) is 0 Å². The van der Waals surface area contributed by atoms with Crippen molar-refractivity contribution in [3.63, 3.8) is 0 Å². The van der Waals surface area contributed by atoms with E-state index in [-0.39, 0.29) is 5.91 Å². The smallest absolute Gasteiger partial charge is 0.251 e. The summed E-state index contributed by atoms with van der Waals surface area (Å²) >= 11 is 0.